The number of rotatable bonds is 13. The van der Waals surface area contributed by atoms with Crippen LogP contribution in [0.15, 0.2) is 124 Å². The molecule has 0 saturated carbocycles. The number of aliphatic hydroxyl groups is 3. The summed E-state index contributed by atoms with van der Waals surface area (Å²) in [5.41, 5.74) is -13.7. The summed E-state index contributed by atoms with van der Waals surface area (Å²) in [5, 5.41) is 73.9. The SMILES string of the molecule is Brc1cnc[nH]1.C[C@@]1(C(=O)Nc2ccc(C#N)c(C(F)(F)F)c2)CO1.C[C@](O)(CBr)C(=O)Nc1ccc(C#N)c(C(F)(F)F)c1.C[C@](O)(Cn1cnc(Br)c1)C(=O)Nc1ccc(C#N)c(C(F)(F)F)c1.C[C@](O)(Cn1cncc1Br)C(=O)Nc1ccc(C#N)c(C(F)(F)F)c1. The first-order valence-corrected chi connectivity index (χ1v) is 29.4. The van der Waals surface area contributed by atoms with Gasteiger partial charge in [0.2, 0.25) is 0 Å². The quantitative estimate of drug-likeness (QED) is 0.0302. The van der Waals surface area contributed by atoms with Gasteiger partial charge < -0.3 is 55.4 Å². The Labute approximate surface area is 563 Å². The highest BCUT2D eigenvalue weighted by atomic mass is 79.9. The van der Waals surface area contributed by atoms with Gasteiger partial charge in [0.15, 0.2) is 16.8 Å². The lowest BCUT2D eigenvalue weighted by Gasteiger charge is -2.23. The highest BCUT2D eigenvalue weighted by Crippen LogP contribution is 2.38. The number of nitrogens with one attached hydrogen (secondary N) is 5. The van der Waals surface area contributed by atoms with E-state index in [-0.39, 0.29) is 47.8 Å². The lowest BCUT2D eigenvalue weighted by Crippen LogP contribution is -2.43. The molecule has 4 aromatic carbocycles. The van der Waals surface area contributed by atoms with Gasteiger partial charge in [-0.25, -0.2) is 15.0 Å². The number of aromatic nitrogens is 6. The Balaban J connectivity index is 0.000000263. The van der Waals surface area contributed by atoms with Crippen molar-refractivity contribution in [3.05, 3.63) is 169 Å². The number of anilines is 4. The number of carbonyl (C=O) groups is 4. The molecule has 0 aliphatic carbocycles. The van der Waals surface area contributed by atoms with E-state index < -0.39 is 115 Å². The Morgan fingerprint density at radius 2 is 0.937 bits per heavy atom. The summed E-state index contributed by atoms with van der Waals surface area (Å²) in [6.45, 7) is 5.12. The van der Waals surface area contributed by atoms with Crippen LogP contribution in [0.1, 0.15) is 72.2 Å². The predicted octanol–water partition coefficient (Wildman–Crippen LogP) is 12.0. The Bertz CT molecular complexity index is 4070. The first-order valence-electron chi connectivity index (χ1n) is 25.9. The molecule has 0 unspecified atom stereocenters. The summed E-state index contributed by atoms with van der Waals surface area (Å²) in [7, 11) is 0. The second-order valence-electron chi connectivity index (χ2n) is 20.4. The van der Waals surface area contributed by atoms with Gasteiger partial charge in [0.1, 0.15) is 19.4 Å². The third-order valence-corrected chi connectivity index (χ3v) is 14.9. The van der Waals surface area contributed by atoms with Crippen LogP contribution in [0.3, 0.4) is 0 Å². The Kier molecular flexibility index (Phi) is 26.6. The van der Waals surface area contributed by atoms with Gasteiger partial charge in [-0.2, -0.15) is 73.7 Å². The molecular weight excluding hydrogens is 1560 g/mol. The number of carbonyl (C=O) groups excluding carboxylic acids is 4. The van der Waals surface area contributed by atoms with Crippen molar-refractivity contribution < 1.29 is 91.9 Å². The Hall–Kier alpha value is -8.73. The molecule has 4 atom stereocenters. The van der Waals surface area contributed by atoms with Crippen LogP contribution in [0.4, 0.5) is 75.4 Å². The second-order valence-corrected chi connectivity index (χ2v) is 23.4. The topological polar surface area (TPSA) is 349 Å². The molecule has 504 valence electrons. The molecule has 3 aromatic heterocycles. The number of alkyl halides is 13. The number of ether oxygens (including phenoxy) is 1. The summed E-state index contributed by atoms with van der Waals surface area (Å²) < 4.78 is 164. The van der Waals surface area contributed by atoms with Crippen LogP contribution >= 0.6 is 63.7 Å². The van der Waals surface area contributed by atoms with Crippen LogP contribution in [-0.2, 0) is 61.7 Å². The van der Waals surface area contributed by atoms with E-state index in [1.165, 1.54) is 92.2 Å². The zero-order valence-electron chi connectivity index (χ0n) is 48.7. The number of epoxide rings is 1. The molecule has 38 heteroatoms. The molecule has 1 aliphatic heterocycles. The van der Waals surface area contributed by atoms with Crippen molar-refractivity contribution in [2.45, 2.75) is 87.9 Å². The van der Waals surface area contributed by atoms with Crippen molar-refractivity contribution in [2.24, 2.45) is 0 Å². The molecular formula is C57H46Br4F12N14O8. The Morgan fingerprint density at radius 1 is 0.579 bits per heavy atom. The third-order valence-electron chi connectivity index (χ3n) is 12.3. The van der Waals surface area contributed by atoms with E-state index in [2.05, 4.69) is 105 Å². The molecule has 1 saturated heterocycles. The van der Waals surface area contributed by atoms with Crippen molar-refractivity contribution in [1.82, 2.24) is 29.1 Å². The molecule has 1 aliphatic rings. The van der Waals surface area contributed by atoms with Crippen LogP contribution in [0.2, 0.25) is 0 Å². The number of amides is 4. The smallest absolute Gasteiger partial charge is 0.379 e. The fraction of sp³-hybridized carbons (Fsp3) is 0.281. The van der Waals surface area contributed by atoms with Crippen LogP contribution < -0.4 is 21.3 Å². The van der Waals surface area contributed by atoms with Gasteiger partial charge in [-0.05, 0) is 148 Å². The molecule has 22 nitrogen and oxygen atoms in total. The number of nitriles is 4. The molecule has 1 fully saturated rings. The van der Waals surface area contributed by atoms with E-state index in [0.29, 0.717) is 27.4 Å². The van der Waals surface area contributed by atoms with Gasteiger partial charge in [-0.15, -0.1) is 0 Å². The lowest BCUT2D eigenvalue weighted by molar-refractivity contribution is -0.138. The van der Waals surface area contributed by atoms with E-state index in [0.717, 1.165) is 53.1 Å². The summed E-state index contributed by atoms with van der Waals surface area (Å²) in [6.07, 6.45) is -9.76. The molecule has 7 aromatic rings. The van der Waals surface area contributed by atoms with Gasteiger partial charge in [0.25, 0.3) is 23.6 Å². The molecule has 8 rings (SSSR count). The predicted molar refractivity (Wildman–Crippen MR) is 325 cm³/mol. The van der Waals surface area contributed by atoms with Crippen LogP contribution in [0.25, 0.3) is 0 Å². The van der Waals surface area contributed by atoms with E-state index in [1.54, 1.807) is 12.5 Å². The van der Waals surface area contributed by atoms with Crippen molar-refractivity contribution >= 4 is 110 Å². The van der Waals surface area contributed by atoms with Crippen molar-refractivity contribution in [3.8, 4) is 24.3 Å². The Morgan fingerprint density at radius 3 is 1.20 bits per heavy atom. The van der Waals surface area contributed by atoms with Gasteiger partial charge in [0, 0.05) is 34.3 Å². The van der Waals surface area contributed by atoms with Crippen molar-refractivity contribution in [2.75, 3.05) is 33.2 Å². The van der Waals surface area contributed by atoms with E-state index >= 15 is 0 Å². The van der Waals surface area contributed by atoms with Gasteiger partial charge in [-0.3, -0.25) is 19.2 Å². The van der Waals surface area contributed by atoms with Crippen molar-refractivity contribution in [1.29, 1.82) is 21.0 Å². The average Bonchev–Trinajstić information content (AvgIpc) is 1.79. The molecule has 4 heterocycles. The number of aromatic amines is 1. The van der Waals surface area contributed by atoms with Crippen LogP contribution in [-0.4, -0.2) is 102 Å². The number of imidazole rings is 3. The highest BCUT2D eigenvalue weighted by molar-refractivity contribution is 9.11. The number of hydrogen-bond donors (Lipinski definition) is 8. The van der Waals surface area contributed by atoms with Gasteiger partial charge in [0.05, 0.1) is 120 Å². The van der Waals surface area contributed by atoms with Crippen LogP contribution in [0, 0.1) is 45.3 Å². The first-order chi connectivity index (χ1) is 43.8. The monoisotopic (exact) mass is 1600 g/mol. The average molecular weight is 1600 g/mol. The van der Waals surface area contributed by atoms with E-state index in [4.69, 9.17) is 25.8 Å². The minimum atomic E-state index is -4.74. The fourth-order valence-corrected chi connectivity index (χ4v) is 8.25. The number of benzene rings is 4. The summed E-state index contributed by atoms with van der Waals surface area (Å²) in [6, 6.07) is 17.1. The molecule has 8 N–H and O–H groups in total. The van der Waals surface area contributed by atoms with Gasteiger partial charge >= 0.3 is 24.7 Å². The molecule has 0 spiro atoms. The summed E-state index contributed by atoms with van der Waals surface area (Å²) in [5.74, 6) is -3.15. The number of nitrogens with zero attached hydrogens (tertiary/aromatic N) is 9. The number of hydrogen-bond acceptors (Lipinski definition) is 15. The largest absolute Gasteiger partial charge is 0.417 e. The fourth-order valence-electron chi connectivity index (χ4n) is 7.09. The maximum absolute atomic E-state index is 13.0. The molecule has 4 amide bonds. The molecule has 95 heavy (non-hydrogen) atoms. The number of H-pyrrole nitrogens is 1. The van der Waals surface area contributed by atoms with E-state index in [9.17, 15) is 87.2 Å². The minimum absolute atomic E-state index is 0.0203. The standard InChI is InChI=1S/2C15H12BrF3N4O2.C12H10BrF3N2O2.C12H9F3N2O2.C3H3BrN2/c1-14(25,7-23-6-12(16)21-8-23)13(24)22-10-3-2-9(5-20)11(4-10)15(17,18)19;1-14(25,7-23-8-21-6-12(23)16)13(24)22-10-3-2-9(5-20)11(4-10)15(17,18)19;1-11(20,6-13)10(19)18-8-3-2-7(5-17)9(4-8)12(14,15)16;1-11(6-19-11)10(18)17-8-3-2-7(5-16)9(4-8)12(13,14)15;4-3-1-5-2-6-3/h2*2-4,6,8,25H,7H2,1H3,(H,22,24);2-4,20H,6H2,1H3,(H,18,19);2-4H,6H2,1H3,(H,17,18);1-2H,(H,5,6)/t2*14-;2*11-;/m0000./s1. The normalized spacial score (nSPS) is 15.1. The third kappa shape index (κ3) is 23.3. The number of halogens is 16. The zero-order chi connectivity index (χ0) is 71.9. The highest BCUT2D eigenvalue weighted by Gasteiger charge is 2.48. The van der Waals surface area contributed by atoms with Gasteiger partial charge in [-0.1, -0.05) is 15.9 Å². The lowest BCUT2D eigenvalue weighted by atomic mass is 10.0. The maximum atomic E-state index is 13.0. The first kappa shape index (κ1) is 78.7. The summed E-state index contributed by atoms with van der Waals surface area (Å²) >= 11 is 12.4. The minimum Gasteiger partial charge on any atom is -0.379 e. The van der Waals surface area contributed by atoms with Crippen LogP contribution in [0.5, 0.6) is 0 Å². The second kappa shape index (κ2) is 32.1. The van der Waals surface area contributed by atoms with Crippen molar-refractivity contribution in [3.63, 3.8) is 0 Å². The van der Waals surface area contributed by atoms with E-state index in [1.807, 2.05) is 0 Å². The maximum Gasteiger partial charge on any atom is 0.417 e. The molecule has 0 radical (unpaired) electrons. The molecule has 0 bridgehead atoms. The zero-order valence-corrected chi connectivity index (χ0v) is 55.0. The summed E-state index contributed by atoms with van der Waals surface area (Å²) in [4.78, 5) is 61.9.